The van der Waals surface area contributed by atoms with Crippen LogP contribution >= 0.6 is 11.6 Å². The van der Waals surface area contributed by atoms with Gasteiger partial charge in [-0.15, -0.1) is 0 Å². The number of benzene rings is 1. The van der Waals surface area contributed by atoms with Gasteiger partial charge in [0.15, 0.2) is 6.29 Å². The van der Waals surface area contributed by atoms with Gasteiger partial charge in [-0.1, -0.05) is 51.4 Å². The summed E-state index contributed by atoms with van der Waals surface area (Å²) in [4.78, 5) is 12.2. The quantitative estimate of drug-likeness (QED) is 0.411. The van der Waals surface area contributed by atoms with Gasteiger partial charge in [0.05, 0.1) is 17.2 Å². The maximum Gasteiger partial charge on any atom is 0.408 e. The Hall–Kier alpha value is -1.50. The second kappa shape index (κ2) is 12.5. The van der Waals surface area contributed by atoms with Crippen LogP contribution in [0.2, 0.25) is 5.02 Å². The normalized spacial score (nSPS) is 16.0. The van der Waals surface area contributed by atoms with Crippen molar-refractivity contribution >= 4 is 17.7 Å². The molecule has 178 valence electrons. The molecule has 4 atom stereocenters. The molecule has 1 aromatic rings. The summed E-state index contributed by atoms with van der Waals surface area (Å²) in [6.07, 6.45) is -0.811. The molecule has 0 aliphatic heterocycles. The number of carbonyl (C=O) groups is 1. The largest absolute Gasteiger partial charge is 0.486 e. The lowest BCUT2D eigenvalue weighted by molar-refractivity contribution is -0.180. The van der Waals surface area contributed by atoms with Crippen LogP contribution in [0.25, 0.3) is 0 Å². The van der Waals surface area contributed by atoms with Crippen LogP contribution in [0, 0.1) is 11.8 Å². The molecule has 0 bridgehead atoms. The van der Waals surface area contributed by atoms with Gasteiger partial charge in [0.25, 0.3) is 0 Å². The molecule has 1 amide bonds. The molecule has 6 nitrogen and oxygen atoms in total. The minimum Gasteiger partial charge on any atom is -0.486 e. The number of halogens is 1. The minimum atomic E-state index is -1.23. The van der Waals surface area contributed by atoms with E-state index in [0.29, 0.717) is 10.8 Å². The summed E-state index contributed by atoms with van der Waals surface area (Å²) in [5.41, 5.74) is -0.631. The zero-order valence-electron chi connectivity index (χ0n) is 20.1. The van der Waals surface area contributed by atoms with E-state index in [2.05, 4.69) is 19.2 Å². The Bertz CT molecular complexity index is 672. The smallest absolute Gasteiger partial charge is 0.408 e. The van der Waals surface area contributed by atoms with E-state index in [1.807, 2.05) is 39.0 Å². The monoisotopic (exact) mass is 457 g/mol. The molecule has 0 aromatic heterocycles. The summed E-state index contributed by atoms with van der Waals surface area (Å²) in [6.45, 7) is 15.2. The molecule has 7 heteroatoms. The number of nitrogens with one attached hydrogen (secondary N) is 1. The third-order valence-corrected chi connectivity index (χ3v) is 5.45. The first-order chi connectivity index (χ1) is 14.4. The summed E-state index contributed by atoms with van der Waals surface area (Å²) >= 11 is 6.30. The minimum absolute atomic E-state index is 0.0780. The molecule has 0 heterocycles. The molecular formula is C24H40ClNO5. The Labute approximate surface area is 192 Å². The van der Waals surface area contributed by atoms with E-state index in [-0.39, 0.29) is 17.9 Å². The number of hydrogen-bond donors (Lipinski definition) is 2. The molecule has 31 heavy (non-hydrogen) atoms. The number of para-hydroxylation sites is 1. The number of amides is 1. The van der Waals surface area contributed by atoms with Crippen molar-refractivity contribution in [2.24, 2.45) is 11.8 Å². The zero-order chi connectivity index (χ0) is 23.8. The predicted molar refractivity (Wildman–Crippen MR) is 124 cm³/mol. The van der Waals surface area contributed by atoms with Gasteiger partial charge in [0.2, 0.25) is 0 Å². The molecule has 0 fully saturated rings. The van der Waals surface area contributed by atoms with Crippen LogP contribution < -0.4 is 10.1 Å². The van der Waals surface area contributed by atoms with E-state index in [1.54, 1.807) is 26.8 Å². The standard InChI is InChI=1S/C24H40ClNO5/c1-9-17(10-2)21(30-19-14-12-11-13-18(19)25)16(5)29-22(27)20(15(3)4)26-23(28)31-24(6,7)8/h11-17,20-22,27H,9-10H2,1-8H3,(H,26,28)/t16-,20-,21-,22?/m0/s1. The molecule has 0 saturated heterocycles. The van der Waals surface area contributed by atoms with Crippen LogP contribution in [0.5, 0.6) is 5.75 Å². The van der Waals surface area contributed by atoms with Gasteiger partial charge in [0.1, 0.15) is 17.5 Å². The maximum atomic E-state index is 12.2. The van der Waals surface area contributed by atoms with E-state index in [1.165, 1.54) is 0 Å². The van der Waals surface area contributed by atoms with Crippen LogP contribution in [0.3, 0.4) is 0 Å². The van der Waals surface area contributed by atoms with E-state index >= 15 is 0 Å². The zero-order valence-corrected chi connectivity index (χ0v) is 20.9. The summed E-state index contributed by atoms with van der Waals surface area (Å²) in [6, 6.07) is 6.67. The van der Waals surface area contributed by atoms with Crippen LogP contribution in [-0.2, 0) is 9.47 Å². The fourth-order valence-corrected chi connectivity index (χ4v) is 3.59. The highest BCUT2D eigenvalue weighted by Gasteiger charge is 2.34. The highest BCUT2D eigenvalue weighted by molar-refractivity contribution is 6.32. The molecular weight excluding hydrogens is 418 g/mol. The van der Waals surface area contributed by atoms with Crippen molar-refractivity contribution in [3.05, 3.63) is 29.3 Å². The fraction of sp³-hybridized carbons (Fsp3) is 0.708. The number of hydrogen-bond acceptors (Lipinski definition) is 5. The summed E-state index contributed by atoms with van der Waals surface area (Å²) in [7, 11) is 0. The van der Waals surface area contributed by atoms with Gasteiger partial charge < -0.3 is 24.6 Å². The lowest BCUT2D eigenvalue weighted by Gasteiger charge is -2.35. The molecule has 0 aliphatic rings. The van der Waals surface area contributed by atoms with Crippen LogP contribution in [0.1, 0.15) is 68.2 Å². The average Bonchev–Trinajstić information content (AvgIpc) is 2.65. The van der Waals surface area contributed by atoms with Crippen LogP contribution in [0.4, 0.5) is 4.79 Å². The molecule has 1 unspecified atom stereocenters. The van der Waals surface area contributed by atoms with Crippen molar-refractivity contribution in [3.63, 3.8) is 0 Å². The molecule has 0 aliphatic carbocycles. The second-order valence-corrected chi connectivity index (χ2v) is 9.64. The third kappa shape index (κ3) is 9.26. The molecule has 0 saturated carbocycles. The number of carbonyl (C=O) groups excluding carboxylic acids is 1. The Morgan fingerprint density at radius 1 is 1.13 bits per heavy atom. The molecule has 1 rings (SSSR count). The Morgan fingerprint density at radius 2 is 1.71 bits per heavy atom. The van der Waals surface area contributed by atoms with Crippen molar-refractivity contribution in [1.82, 2.24) is 5.32 Å². The first-order valence-electron chi connectivity index (χ1n) is 11.1. The van der Waals surface area contributed by atoms with Gasteiger partial charge in [0, 0.05) is 0 Å². The van der Waals surface area contributed by atoms with E-state index in [4.69, 9.17) is 25.8 Å². The first-order valence-corrected chi connectivity index (χ1v) is 11.5. The summed E-state index contributed by atoms with van der Waals surface area (Å²) < 4.78 is 17.6. The van der Waals surface area contributed by atoms with E-state index in [0.717, 1.165) is 12.8 Å². The highest BCUT2D eigenvalue weighted by Crippen LogP contribution is 2.30. The Kier molecular flexibility index (Phi) is 11.1. The predicted octanol–water partition coefficient (Wildman–Crippen LogP) is 5.80. The topological polar surface area (TPSA) is 77.0 Å². The fourth-order valence-electron chi connectivity index (χ4n) is 3.41. The van der Waals surface area contributed by atoms with Crippen LogP contribution in [-0.4, -0.2) is 41.3 Å². The second-order valence-electron chi connectivity index (χ2n) is 9.24. The number of ether oxygens (including phenoxy) is 3. The summed E-state index contributed by atoms with van der Waals surface area (Å²) in [5.74, 6) is 0.707. The van der Waals surface area contributed by atoms with Gasteiger partial charge in [-0.05, 0) is 64.5 Å². The lowest BCUT2D eigenvalue weighted by Crippen LogP contribution is -2.51. The van der Waals surface area contributed by atoms with E-state index in [9.17, 15) is 9.90 Å². The van der Waals surface area contributed by atoms with Gasteiger partial charge >= 0.3 is 6.09 Å². The molecule has 2 N–H and O–H groups in total. The first kappa shape index (κ1) is 27.5. The van der Waals surface area contributed by atoms with Crippen molar-refractivity contribution < 1.29 is 24.1 Å². The number of aliphatic hydroxyl groups is 1. The highest BCUT2D eigenvalue weighted by atomic mass is 35.5. The summed E-state index contributed by atoms with van der Waals surface area (Å²) in [5, 5.41) is 14.1. The number of aliphatic hydroxyl groups excluding tert-OH is 1. The van der Waals surface area contributed by atoms with Crippen molar-refractivity contribution in [3.8, 4) is 5.75 Å². The molecule has 1 aromatic carbocycles. The Balaban J connectivity index is 2.96. The van der Waals surface area contributed by atoms with Crippen LogP contribution in [0.15, 0.2) is 24.3 Å². The SMILES string of the molecule is CCC(CC)[C@@H](Oc1ccccc1Cl)[C@H](C)OC(O)[C@@H](NC(=O)OC(C)(C)C)C(C)C. The third-order valence-electron chi connectivity index (χ3n) is 5.14. The molecule has 0 spiro atoms. The van der Waals surface area contributed by atoms with Gasteiger partial charge in [-0.2, -0.15) is 0 Å². The van der Waals surface area contributed by atoms with Gasteiger partial charge in [-0.25, -0.2) is 4.79 Å². The number of alkyl carbamates (subject to hydrolysis) is 1. The Morgan fingerprint density at radius 3 is 2.19 bits per heavy atom. The van der Waals surface area contributed by atoms with Gasteiger partial charge in [-0.3, -0.25) is 0 Å². The van der Waals surface area contributed by atoms with E-state index < -0.39 is 30.1 Å². The molecule has 0 radical (unpaired) electrons. The van der Waals surface area contributed by atoms with Crippen molar-refractivity contribution in [1.29, 1.82) is 0 Å². The average molecular weight is 458 g/mol. The maximum absolute atomic E-state index is 12.2. The lowest BCUT2D eigenvalue weighted by atomic mass is 9.92. The number of rotatable bonds is 11. The van der Waals surface area contributed by atoms with Crippen molar-refractivity contribution in [2.45, 2.75) is 98.4 Å². The van der Waals surface area contributed by atoms with Crippen molar-refractivity contribution in [2.75, 3.05) is 0 Å².